The van der Waals surface area contributed by atoms with E-state index < -0.39 is 0 Å². The van der Waals surface area contributed by atoms with E-state index in [1.54, 1.807) is 18.1 Å². The van der Waals surface area contributed by atoms with Gasteiger partial charge in [0.2, 0.25) is 0 Å². The van der Waals surface area contributed by atoms with Gasteiger partial charge >= 0.3 is 0 Å². The summed E-state index contributed by atoms with van der Waals surface area (Å²) in [5.41, 5.74) is 4.80. The van der Waals surface area contributed by atoms with Crippen LogP contribution in [0.5, 0.6) is 23.0 Å². The van der Waals surface area contributed by atoms with Crippen molar-refractivity contribution in [2.75, 3.05) is 4.90 Å². The number of hydrogen-bond acceptors (Lipinski definition) is 6. The van der Waals surface area contributed by atoms with E-state index in [1.165, 1.54) is 5.56 Å². The van der Waals surface area contributed by atoms with Gasteiger partial charge in [-0.05, 0) is 36.4 Å². The van der Waals surface area contributed by atoms with Crippen molar-refractivity contribution >= 4 is 28.8 Å². The standard InChI is InChI=1S/C31H23N3O2S/c1-31(2)21-9-3-4-13-25(21)36-29-22(31)10-7-11-23(29)34(20-17-32-19-33-18-20)24-12-8-15-27-30(24)37-28-16-6-5-14-26(28)35-27/h3-19H,1-2H3. The fourth-order valence-electron chi connectivity index (χ4n) is 5.15. The Bertz CT molecular complexity index is 1650. The average Bonchev–Trinajstić information content (AvgIpc) is 2.93. The van der Waals surface area contributed by atoms with Crippen molar-refractivity contribution in [2.45, 2.75) is 29.1 Å². The molecule has 0 N–H and O–H groups in total. The van der Waals surface area contributed by atoms with E-state index in [-0.39, 0.29) is 5.41 Å². The summed E-state index contributed by atoms with van der Waals surface area (Å²) in [4.78, 5) is 13.0. The van der Waals surface area contributed by atoms with Crippen LogP contribution in [0.4, 0.5) is 17.1 Å². The summed E-state index contributed by atoms with van der Waals surface area (Å²) in [7, 11) is 0. The molecule has 0 saturated carbocycles. The van der Waals surface area contributed by atoms with Crippen LogP contribution >= 0.6 is 11.8 Å². The van der Waals surface area contributed by atoms with Crippen molar-refractivity contribution in [1.29, 1.82) is 0 Å². The third kappa shape index (κ3) is 3.48. The molecule has 0 bridgehead atoms. The Labute approximate surface area is 219 Å². The first-order valence-electron chi connectivity index (χ1n) is 12.1. The van der Waals surface area contributed by atoms with E-state index in [1.807, 2.05) is 54.9 Å². The lowest BCUT2D eigenvalue weighted by Crippen LogP contribution is -2.25. The van der Waals surface area contributed by atoms with Crippen molar-refractivity contribution in [3.8, 4) is 23.0 Å². The Morgan fingerprint density at radius 2 is 1.35 bits per heavy atom. The van der Waals surface area contributed by atoms with Gasteiger partial charge in [-0.1, -0.05) is 74.1 Å². The van der Waals surface area contributed by atoms with Gasteiger partial charge in [0.25, 0.3) is 0 Å². The number of benzene rings is 4. The summed E-state index contributed by atoms with van der Waals surface area (Å²) in [5.74, 6) is 3.39. The number of aromatic nitrogens is 2. The summed E-state index contributed by atoms with van der Waals surface area (Å²) in [5, 5.41) is 0. The molecule has 0 atom stereocenters. The molecule has 2 aliphatic heterocycles. The number of hydrogen-bond donors (Lipinski definition) is 0. The highest BCUT2D eigenvalue weighted by Crippen LogP contribution is 2.56. The molecule has 7 rings (SSSR count). The summed E-state index contributed by atoms with van der Waals surface area (Å²) in [6.07, 6.45) is 5.21. The Balaban J connectivity index is 1.45. The van der Waals surface area contributed by atoms with E-state index in [0.29, 0.717) is 0 Å². The monoisotopic (exact) mass is 501 g/mol. The van der Waals surface area contributed by atoms with Crippen LogP contribution in [-0.4, -0.2) is 9.97 Å². The lowest BCUT2D eigenvalue weighted by atomic mass is 9.75. The number of para-hydroxylation sites is 3. The van der Waals surface area contributed by atoms with Crippen molar-refractivity contribution in [3.63, 3.8) is 0 Å². The summed E-state index contributed by atoms with van der Waals surface area (Å²) in [6, 6.07) is 28.9. The molecule has 2 aliphatic rings. The van der Waals surface area contributed by atoms with Gasteiger partial charge in [0.15, 0.2) is 5.75 Å². The van der Waals surface area contributed by atoms with Crippen molar-refractivity contribution < 1.29 is 9.47 Å². The van der Waals surface area contributed by atoms with Crippen LogP contribution < -0.4 is 14.4 Å². The third-order valence-electron chi connectivity index (χ3n) is 6.97. The largest absolute Gasteiger partial charge is 0.455 e. The molecule has 37 heavy (non-hydrogen) atoms. The van der Waals surface area contributed by atoms with Gasteiger partial charge in [-0.3, -0.25) is 0 Å². The minimum Gasteiger partial charge on any atom is -0.455 e. The van der Waals surface area contributed by atoms with Gasteiger partial charge in [-0.15, -0.1) is 0 Å². The molecule has 5 nitrogen and oxygen atoms in total. The predicted octanol–water partition coefficient (Wildman–Crippen LogP) is 8.63. The molecule has 3 heterocycles. The maximum atomic E-state index is 6.65. The fraction of sp³-hybridized carbons (Fsp3) is 0.0968. The normalized spacial score (nSPS) is 14.2. The van der Waals surface area contributed by atoms with E-state index >= 15 is 0 Å². The maximum absolute atomic E-state index is 6.65. The van der Waals surface area contributed by atoms with E-state index in [4.69, 9.17) is 9.47 Å². The van der Waals surface area contributed by atoms with Crippen LogP contribution in [-0.2, 0) is 5.41 Å². The van der Waals surface area contributed by atoms with Crippen LogP contribution in [0, 0.1) is 0 Å². The summed E-state index contributed by atoms with van der Waals surface area (Å²) < 4.78 is 13.0. The zero-order valence-electron chi connectivity index (χ0n) is 20.4. The molecule has 0 aliphatic carbocycles. The Kier molecular flexibility index (Phi) is 4.98. The minimum atomic E-state index is -0.230. The first kappa shape index (κ1) is 21.9. The van der Waals surface area contributed by atoms with Crippen LogP contribution in [0.1, 0.15) is 25.0 Å². The summed E-state index contributed by atoms with van der Waals surface area (Å²) in [6.45, 7) is 4.50. The second-order valence-corrected chi connectivity index (χ2v) is 10.6. The average molecular weight is 502 g/mol. The van der Waals surface area contributed by atoms with Gasteiger partial charge in [-0.25, -0.2) is 9.97 Å². The Morgan fingerprint density at radius 3 is 2.22 bits per heavy atom. The molecule has 0 radical (unpaired) electrons. The Morgan fingerprint density at radius 1 is 0.676 bits per heavy atom. The van der Waals surface area contributed by atoms with Crippen molar-refractivity contribution in [3.05, 3.63) is 115 Å². The first-order chi connectivity index (χ1) is 18.1. The van der Waals surface area contributed by atoms with Gasteiger partial charge in [-0.2, -0.15) is 0 Å². The molecule has 180 valence electrons. The predicted molar refractivity (Wildman–Crippen MR) is 146 cm³/mol. The zero-order valence-corrected chi connectivity index (χ0v) is 21.2. The van der Waals surface area contributed by atoms with Gasteiger partial charge in [0, 0.05) is 16.5 Å². The number of ether oxygens (including phenoxy) is 2. The van der Waals surface area contributed by atoms with Gasteiger partial charge < -0.3 is 14.4 Å². The number of fused-ring (bicyclic) bond motifs is 4. The van der Waals surface area contributed by atoms with Crippen LogP contribution in [0.25, 0.3) is 0 Å². The lowest BCUT2D eigenvalue weighted by Gasteiger charge is -2.37. The van der Waals surface area contributed by atoms with Crippen LogP contribution in [0.15, 0.2) is 113 Å². The molecule has 0 fully saturated rings. The fourth-order valence-corrected chi connectivity index (χ4v) is 6.20. The van der Waals surface area contributed by atoms with E-state index in [9.17, 15) is 0 Å². The SMILES string of the molecule is CC1(C)c2ccccc2Oc2c(N(c3cncnc3)c3cccc4c3Sc3ccccc3O4)cccc21. The smallest absolute Gasteiger partial charge is 0.155 e. The first-order valence-corrected chi connectivity index (χ1v) is 13.0. The van der Waals surface area contributed by atoms with Crippen LogP contribution in [0.3, 0.4) is 0 Å². The number of rotatable bonds is 3. The maximum Gasteiger partial charge on any atom is 0.155 e. The number of nitrogens with zero attached hydrogens (tertiary/aromatic N) is 3. The topological polar surface area (TPSA) is 47.5 Å². The zero-order chi connectivity index (χ0) is 25.0. The molecular weight excluding hydrogens is 478 g/mol. The molecular formula is C31H23N3O2S. The molecule has 6 heteroatoms. The second-order valence-electron chi connectivity index (χ2n) is 9.56. The van der Waals surface area contributed by atoms with Crippen molar-refractivity contribution in [2.24, 2.45) is 0 Å². The quantitative estimate of drug-likeness (QED) is 0.242. The lowest BCUT2D eigenvalue weighted by molar-refractivity contribution is 0.419. The molecule has 0 saturated heterocycles. The molecule has 5 aromatic rings. The second kappa shape index (κ2) is 8.39. The highest BCUT2D eigenvalue weighted by molar-refractivity contribution is 7.99. The third-order valence-corrected chi connectivity index (χ3v) is 8.14. The Hall–Kier alpha value is -4.29. The number of anilines is 3. The summed E-state index contributed by atoms with van der Waals surface area (Å²) >= 11 is 1.70. The molecule has 4 aromatic carbocycles. The molecule has 0 amide bonds. The molecule has 0 unspecified atom stereocenters. The van der Waals surface area contributed by atoms with Crippen molar-refractivity contribution in [1.82, 2.24) is 9.97 Å². The van der Waals surface area contributed by atoms with E-state index in [0.717, 1.165) is 55.4 Å². The van der Waals surface area contributed by atoms with Gasteiger partial charge in [0.05, 0.1) is 39.2 Å². The molecule has 0 spiro atoms. The van der Waals surface area contributed by atoms with Gasteiger partial charge in [0.1, 0.15) is 23.6 Å². The minimum absolute atomic E-state index is 0.230. The van der Waals surface area contributed by atoms with Crippen LogP contribution in [0.2, 0.25) is 0 Å². The highest BCUT2D eigenvalue weighted by atomic mass is 32.2. The van der Waals surface area contributed by atoms with E-state index in [2.05, 4.69) is 71.2 Å². The highest BCUT2D eigenvalue weighted by Gasteiger charge is 2.37. The molecule has 1 aromatic heterocycles.